The van der Waals surface area contributed by atoms with Crippen molar-refractivity contribution in [1.82, 2.24) is 24.3 Å². The molecule has 4 heterocycles. The van der Waals surface area contributed by atoms with Crippen LogP contribution in [0.15, 0.2) is 61.4 Å². The number of imidazole rings is 1. The topological polar surface area (TPSA) is 122 Å². The molecule has 2 N–H and O–H groups in total. The first-order valence-electron chi connectivity index (χ1n) is 10.9. The number of fused-ring (bicyclic) bond motifs is 1. The van der Waals surface area contributed by atoms with Gasteiger partial charge in [0.2, 0.25) is 17.7 Å². The van der Waals surface area contributed by atoms with E-state index in [-0.39, 0.29) is 17.7 Å². The fraction of sp³-hybridized carbons (Fsp3) is 0.160. The second-order valence-electron chi connectivity index (χ2n) is 8.06. The van der Waals surface area contributed by atoms with Crippen molar-refractivity contribution in [1.29, 1.82) is 5.26 Å². The highest BCUT2D eigenvalue weighted by Crippen LogP contribution is 2.37. The van der Waals surface area contributed by atoms with Crippen LogP contribution < -0.4 is 10.5 Å². The minimum Gasteiger partial charge on any atom is -0.437 e. The molecule has 1 atom stereocenters. The first kappa shape index (κ1) is 22.4. The summed E-state index contributed by atoms with van der Waals surface area (Å²) in [7, 11) is 0. The third-order valence-corrected chi connectivity index (χ3v) is 6.23. The first-order valence-corrected chi connectivity index (χ1v) is 11.2. The van der Waals surface area contributed by atoms with Crippen LogP contribution in [0.4, 0.5) is 5.95 Å². The molecular weight excluding hydrogens is 466 g/mol. The van der Waals surface area contributed by atoms with Gasteiger partial charge in [-0.3, -0.25) is 9.20 Å². The highest BCUT2D eigenvalue weighted by atomic mass is 35.5. The van der Waals surface area contributed by atoms with Gasteiger partial charge in [0.25, 0.3) is 0 Å². The Bertz CT molecular complexity index is 1510. The molecule has 35 heavy (non-hydrogen) atoms. The zero-order chi connectivity index (χ0) is 24.5. The van der Waals surface area contributed by atoms with Gasteiger partial charge in [-0.25, -0.2) is 15.0 Å². The molecular formula is C25H20ClN7O2. The van der Waals surface area contributed by atoms with Gasteiger partial charge in [-0.05, 0) is 42.8 Å². The van der Waals surface area contributed by atoms with E-state index >= 15 is 0 Å². The third-order valence-electron chi connectivity index (χ3n) is 5.94. The van der Waals surface area contributed by atoms with Crippen molar-refractivity contribution in [2.24, 2.45) is 0 Å². The Morgan fingerprint density at radius 1 is 1.26 bits per heavy atom. The zero-order valence-corrected chi connectivity index (χ0v) is 19.3. The summed E-state index contributed by atoms with van der Waals surface area (Å²) in [5, 5.41) is 9.42. The summed E-state index contributed by atoms with van der Waals surface area (Å²) < 4.78 is 7.57. The number of carbonyl (C=O) groups is 1. The predicted molar refractivity (Wildman–Crippen MR) is 131 cm³/mol. The molecule has 10 heteroatoms. The molecule has 174 valence electrons. The molecule has 5 rings (SSSR count). The fourth-order valence-corrected chi connectivity index (χ4v) is 4.48. The van der Waals surface area contributed by atoms with Gasteiger partial charge in [-0.1, -0.05) is 18.2 Å². The summed E-state index contributed by atoms with van der Waals surface area (Å²) in [6, 6.07) is 12.3. The van der Waals surface area contributed by atoms with E-state index in [1.54, 1.807) is 33.7 Å². The Labute approximate surface area is 206 Å². The van der Waals surface area contributed by atoms with E-state index in [2.05, 4.69) is 16.5 Å². The van der Waals surface area contributed by atoms with Crippen molar-refractivity contribution in [2.45, 2.75) is 12.3 Å². The standard InChI is InChI=1S/C25H20ClN7O2/c1-2-22(34)32-10-7-17(14-32)23-19-6-9-30-25(28)33(19)24(31-23)16-3-4-20(18(26)12-16)35-21-11-15(13-27)5-8-29-21/h2-6,8-9,11-12,17H,1,7,10,14H2,(H2,28,30). The lowest BCUT2D eigenvalue weighted by molar-refractivity contribution is -0.125. The van der Waals surface area contributed by atoms with Crippen LogP contribution in [0.5, 0.6) is 11.6 Å². The summed E-state index contributed by atoms with van der Waals surface area (Å²) in [4.78, 5) is 27.1. The fourth-order valence-electron chi connectivity index (χ4n) is 4.26. The number of nitriles is 1. The van der Waals surface area contributed by atoms with E-state index in [0.717, 1.165) is 23.2 Å². The lowest BCUT2D eigenvalue weighted by atomic mass is 10.0. The van der Waals surface area contributed by atoms with Crippen LogP contribution in [0.2, 0.25) is 5.02 Å². The van der Waals surface area contributed by atoms with Gasteiger partial charge in [-0.15, -0.1) is 0 Å². The molecule has 1 unspecified atom stereocenters. The van der Waals surface area contributed by atoms with Gasteiger partial charge in [0.05, 0.1) is 27.9 Å². The van der Waals surface area contributed by atoms with Crippen molar-refractivity contribution in [3.05, 3.63) is 77.7 Å². The maximum absolute atomic E-state index is 12.1. The van der Waals surface area contributed by atoms with Gasteiger partial charge >= 0.3 is 0 Å². The Morgan fingerprint density at radius 2 is 2.09 bits per heavy atom. The number of hydrogen-bond acceptors (Lipinski definition) is 7. The van der Waals surface area contributed by atoms with Gasteiger partial charge in [-0.2, -0.15) is 5.26 Å². The van der Waals surface area contributed by atoms with Gasteiger partial charge in [0.15, 0.2) is 0 Å². The van der Waals surface area contributed by atoms with Crippen LogP contribution in [0.3, 0.4) is 0 Å². The highest BCUT2D eigenvalue weighted by molar-refractivity contribution is 6.32. The van der Waals surface area contributed by atoms with Crippen LogP contribution >= 0.6 is 11.6 Å². The largest absolute Gasteiger partial charge is 0.437 e. The molecule has 1 amide bonds. The summed E-state index contributed by atoms with van der Waals surface area (Å²) >= 11 is 6.54. The average molecular weight is 486 g/mol. The molecule has 4 aromatic rings. The number of nitrogen functional groups attached to an aromatic ring is 1. The van der Waals surface area contributed by atoms with E-state index < -0.39 is 0 Å². The van der Waals surface area contributed by atoms with Gasteiger partial charge in [0, 0.05) is 43.0 Å². The molecule has 9 nitrogen and oxygen atoms in total. The summed E-state index contributed by atoms with van der Waals surface area (Å²) in [6.07, 6.45) is 5.26. The minimum atomic E-state index is -0.0883. The quantitative estimate of drug-likeness (QED) is 0.420. The van der Waals surface area contributed by atoms with Gasteiger partial charge < -0.3 is 15.4 Å². The van der Waals surface area contributed by atoms with Crippen molar-refractivity contribution < 1.29 is 9.53 Å². The van der Waals surface area contributed by atoms with Crippen molar-refractivity contribution >= 4 is 29.0 Å². The number of anilines is 1. The van der Waals surface area contributed by atoms with Crippen molar-refractivity contribution in [3.63, 3.8) is 0 Å². The molecule has 0 radical (unpaired) electrons. The number of nitrogens with zero attached hydrogens (tertiary/aromatic N) is 6. The Kier molecular flexibility index (Phi) is 5.81. The molecule has 1 aliphatic heterocycles. The maximum atomic E-state index is 12.1. The van der Waals surface area contributed by atoms with Crippen molar-refractivity contribution in [2.75, 3.05) is 18.8 Å². The van der Waals surface area contributed by atoms with Gasteiger partial charge in [0.1, 0.15) is 11.6 Å². The number of carbonyl (C=O) groups excluding carboxylic acids is 1. The number of ether oxygens (including phenoxy) is 1. The molecule has 1 saturated heterocycles. The van der Waals surface area contributed by atoms with E-state index in [1.807, 2.05) is 18.2 Å². The van der Waals surface area contributed by atoms with Crippen LogP contribution in [0.25, 0.3) is 16.9 Å². The second-order valence-corrected chi connectivity index (χ2v) is 8.47. The number of amides is 1. The molecule has 1 aromatic carbocycles. The lowest BCUT2D eigenvalue weighted by Crippen LogP contribution is -2.26. The highest BCUT2D eigenvalue weighted by Gasteiger charge is 2.30. The van der Waals surface area contributed by atoms with Crippen LogP contribution in [0.1, 0.15) is 23.6 Å². The van der Waals surface area contributed by atoms with E-state index in [4.69, 9.17) is 32.3 Å². The lowest BCUT2D eigenvalue weighted by Gasteiger charge is -2.13. The number of hydrogen-bond donors (Lipinski definition) is 1. The third kappa shape index (κ3) is 4.16. The Morgan fingerprint density at radius 3 is 2.86 bits per heavy atom. The van der Waals surface area contributed by atoms with E-state index in [0.29, 0.717) is 41.2 Å². The number of benzene rings is 1. The molecule has 0 spiro atoms. The predicted octanol–water partition coefficient (Wildman–Crippen LogP) is 4.19. The second kappa shape index (κ2) is 9.08. The van der Waals surface area contributed by atoms with Crippen molar-refractivity contribution in [3.8, 4) is 29.1 Å². The zero-order valence-electron chi connectivity index (χ0n) is 18.6. The number of aromatic nitrogens is 4. The van der Waals surface area contributed by atoms with E-state index in [9.17, 15) is 4.79 Å². The summed E-state index contributed by atoms with van der Waals surface area (Å²) in [5.41, 5.74) is 9.08. The Hall–Kier alpha value is -4.42. The molecule has 1 fully saturated rings. The molecule has 0 aliphatic carbocycles. The average Bonchev–Trinajstić information content (AvgIpc) is 3.51. The number of rotatable bonds is 5. The molecule has 1 aliphatic rings. The number of pyridine rings is 1. The van der Waals surface area contributed by atoms with Crippen LogP contribution in [-0.4, -0.2) is 43.2 Å². The SMILES string of the molecule is C=CC(=O)N1CCC(c2nc(-c3ccc(Oc4cc(C#N)ccn4)c(Cl)c3)n3c(N)nccc23)C1. The monoisotopic (exact) mass is 485 g/mol. The summed E-state index contributed by atoms with van der Waals surface area (Å²) in [6.45, 7) is 4.78. The molecule has 0 bridgehead atoms. The normalized spacial score (nSPS) is 15.2. The number of halogens is 1. The van der Waals surface area contributed by atoms with Crippen LogP contribution in [0, 0.1) is 11.3 Å². The van der Waals surface area contributed by atoms with Crippen LogP contribution in [-0.2, 0) is 4.79 Å². The summed E-state index contributed by atoms with van der Waals surface area (Å²) in [5.74, 6) is 1.50. The maximum Gasteiger partial charge on any atom is 0.245 e. The minimum absolute atomic E-state index is 0.0565. The smallest absolute Gasteiger partial charge is 0.245 e. The Balaban J connectivity index is 1.51. The van der Waals surface area contributed by atoms with E-state index in [1.165, 1.54) is 18.3 Å². The molecule has 3 aromatic heterocycles. The first-order chi connectivity index (χ1) is 17.0. The number of nitrogens with two attached hydrogens (primary N) is 1. The number of likely N-dealkylation sites (tertiary alicyclic amines) is 1. The molecule has 0 saturated carbocycles.